The second-order valence-electron chi connectivity index (χ2n) is 3.73. The van der Waals surface area contributed by atoms with Gasteiger partial charge in [-0.2, -0.15) is 0 Å². The largest absolute Gasteiger partial charge is 0.324 e. The Morgan fingerprint density at radius 3 is 2.95 bits per heavy atom. The molecule has 1 heterocycles. The fourth-order valence-corrected chi connectivity index (χ4v) is 2.52. The molecule has 2 rings (SSSR count). The van der Waals surface area contributed by atoms with Gasteiger partial charge in [0.15, 0.2) is 0 Å². The Morgan fingerprint density at radius 1 is 1.47 bits per heavy atom. The van der Waals surface area contributed by atoms with Gasteiger partial charge < -0.3 is 5.32 Å². The first kappa shape index (κ1) is 14.3. The van der Waals surface area contributed by atoms with Gasteiger partial charge in [0.1, 0.15) is 5.82 Å². The molecule has 100 valence electrons. The van der Waals surface area contributed by atoms with Gasteiger partial charge in [-0.25, -0.2) is 4.98 Å². The molecule has 0 aliphatic rings. The van der Waals surface area contributed by atoms with Crippen LogP contribution in [0.15, 0.2) is 29.4 Å². The molecule has 0 saturated heterocycles. The van der Waals surface area contributed by atoms with E-state index in [1.54, 1.807) is 0 Å². The average Bonchev–Trinajstić information content (AvgIpc) is 2.87. The zero-order valence-corrected chi connectivity index (χ0v) is 13.3. The Hall–Kier alpha value is -1.09. The van der Waals surface area contributed by atoms with Crippen LogP contribution in [0.2, 0.25) is 0 Å². The smallest absolute Gasteiger partial charge is 0.234 e. The highest BCUT2D eigenvalue weighted by Gasteiger charge is 2.08. The molecule has 5 nitrogen and oxygen atoms in total. The van der Waals surface area contributed by atoms with Crippen molar-refractivity contribution in [3.8, 4) is 0 Å². The van der Waals surface area contributed by atoms with E-state index in [1.165, 1.54) is 11.8 Å². The minimum Gasteiger partial charge on any atom is -0.324 e. The summed E-state index contributed by atoms with van der Waals surface area (Å²) >= 11 is 3.51. The van der Waals surface area contributed by atoms with E-state index in [2.05, 4.69) is 43.1 Å². The average molecular weight is 388 g/mol. The van der Waals surface area contributed by atoms with Crippen molar-refractivity contribution in [3.05, 3.63) is 33.7 Å². The van der Waals surface area contributed by atoms with Crippen molar-refractivity contribution in [1.82, 2.24) is 15.2 Å². The van der Waals surface area contributed by atoms with E-state index in [1.807, 2.05) is 31.2 Å². The maximum absolute atomic E-state index is 11.8. The molecule has 1 aromatic heterocycles. The number of aryl methyl sites for hydroxylation is 1. The maximum atomic E-state index is 11.8. The van der Waals surface area contributed by atoms with Gasteiger partial charge >= 0.3 is 0 Å². The summed E-state index contributed by atoms with van der Waals surface area (Å²) in [7, 11) is 0. The van der Waals surface area contributed by atoms with E-state index in [9.17, 15) is 4.79 Å². The maximum Gasteiger partial charge on any atom is 0.234 e. The number of hydrogen-bond acceptors (Lipinski definition) is 4. The Morgan fingerprint density at radius 2 is 2.26 bits per heavy atom. The number of rotatable bonds is 5. The van der Waals surface area contributed by atoms with Crippen LogP contribution >= 0.6 is 34.4 Å². The van der Waals surface area contributed by atoms with Crippen LogP contribution in [0.5, 0.6) is 0 Å². The molecule has 2 N–H and O–H groups in total. The van der Waals surface area contributed by atoms with Crippen molar-refractivity contribution in [2.75, 3.05) is 11.1 Å². The van der Waals surface area contributed by atoms with E-state index in [0.717, 1.165) is 21.5 Å². The van der Waals surface area contributed by atoms with Gasteiger partial charge in [0.25, 0.3) is 0 Å². The van der Waals surface area contributed by atoms with Gasteiger partial charge in [0.05, 0.1) is 11.4 Å². The number of halogens is 1. The van der Waals surface area contributed by atoms with Crippen molar-refractivity contribution in [3.63, 3.8) is 0 Å². The minimum absolute atomic E-state index is 0.0584. The number of nitrogens with zero attached hydrogens (tertiary/aromatic N) is 2. The number of benzene rings is 1. The number of amides is 1. The highest BCUT2D eigenvalue weighted by atomic mass is 127. The summed E-state index contributed by atoms with van der Waals surface area (Å²) in [6.45, 7) is 2.00. The molecule has 0 bridgehead atoms. The standard InChI is InChI=1S/C12H13IN4OS/c1-2-10-15-12(17-16-10)19-7-11(18)14-9-6-4-3-5-8(9)13/h3-6H,2,7H2,1H3,(H,14,18)(H,15,16,17). The molecular weight excluding hydrogens is 375 g/mol. The summed E-state index contributed by atoms with van der Waals surface area (Å²) in [5, 5.41) is 10.3. The molecule has 19 heavy (non-hydrogen) atoms. The first-order valence-electron chi connectivity index (χ1n) is 5.77. The molecular formula is C12H13IN4OS. The van der Waals surface area contributed by atoms with E-state index in [0.29, 0.717) is 10.9 Å². The van der Waals surface area contributed by atoms with Gasteiger partial charge in [-0.05, 0) is 34.7 Å². The fraction of sp³-hybridized carbons (Fsp3) is 0.250. The lowest BCUT2D eigenvalue weighted by Crippen LogP contribution is -2.14. The van der Waals surface area contributed by atoms with E-state index in [4.69, 9.17) is 0 Å². The fourth-order valence-electron chi connectivity index (χ4n) is 1.38. The molecule has 0 fully saturated rings. The van der Waals surface area contributed by atoms with Gasteiger partial charge in [-0.3, -0.25) is 9.89 Å². The molecule has 0 saturated carbocycles. The van der Waals surface area contributed by atoms with Crippen LogP contribution < -0.4 is 5.32 Å². The Labute approximate surface area is 129 Å². The van der Waals surface area contributed by atoms with Crippen LogP contribution in [0.1, 0.15) is 12.7 Å². The second kappa shape index (κ2) is 6.90. The zero-order valence-electron chi connectivity index (χ0n) is 10.3. The van der Waals surface area contributed by atoms with Crippen LogP contribution in [0.25, 0.3) is 0 Å². The molecule has 0 radical (unpaired) electrons. The first-order chi connectivity index (χ1) is 9.19. The van der Waals surface area contributed by atoms with Gasteiger partial charge in [0.2, 0.25) is 11.1 Å². The first-order valence-corrected chi connectivity index (χ1v) is 7.84. The highest BCUT2D eigenvalue weighted by Crippen LogP contribution is 2.18. The van der Waals surface area contributed by atoms with Crippen LogP contribution in [-0.4, -0.2) is 26.8 Å². The summed E-state index contributed by atoms with van der Waals surface area (Å²) < 4.78 is 1.02. The number of carbonyl (C=O) groups excluding carboxylic acids is 1. The van der Waals surface area contributed by atoms with Crippen LogP contribution in [-0.2, 0) is 11.2 Å². The van der Waals surface area contributed by atoms with E-state index < -0.39 is 0 Å². The number of hydrogen-bond donors (Lipinski definition) is 2. The van der Waals surface area contributed by atoms with Crippen molar-refractivity contribution >= 4 is 45.9 Å². The number of para-hydroxylation sites is 1. The topological polar surface area (TPSA) is 70.7 Å². The van der Waals surface area contributed by atoms with Gasteiger partial charge in [-0.15, -0.1) is 5.10 Å². The van der Waals surface area contributed by atoms with Crippen molar-refractivity contribution < 1.29 is 4.79 Å². The summed E-state index contributed by atoms with van der Waals surface area (Å²) in [5.41, 5.74) is 0.831. The predicted molar refractivity (Wildman–Crippen MR) is 84.3 cm³/mol. The number of thioether (sulfide) groups is 1. The molecule has 0 unspecified atom stereocenters. The third-order valence-corrected chi connectivity index (χ3v) is 4.11. The van der Waals surface area contributed by atoms with Gasteiger partial charge in [-0.1, -0.05) is 30.8 Å². The molecule has 2 aromatic rings. The third kappa shape index (κ3) is 4.20. The number of carbonyl (C=O) groups is 1. The molecule has 7 heteroatoms. The quantitative estimate of drug-likeness (QED) is 0.611. The number of nitrogens with one attached hydrogen (secondary N) is 2. The predicted octanol–water partition coefficient (Wildman–Crippen LogP) is 2.70. The molecule has 0 aliphatic heterocycles. The molecule has 0 aliphatic carbocycles. The van der Waals surface area contributed by atoms with Crippen molar-refractivity contribution in [1.29, 1.82) is 0 Å². The summed E-state index contributed by atoms with van der Waals surface area (Å²) in [6.07, 6.45) is 0.808. The Balaban J connectivity index is 1.86. The normalized spacial score (nSPS) is 10.4. The summed E-state index contributed by atoms with van der Waals surface area (Å²) in [6, 6.07) is 7.66. The SMILES string of the molecule is CCc1nc(SCC(=O)Nc2ccccc2I)n[nH]1. The van der Waals surface area contributed by atoms with Crippen LogP contribution in [0, 0.1) is 3.57 Å². The second-order valence-corrected chi connectivity index (χ2v) is 5.84. The molecule has 0 spiro atoms. The summed E-state index contributed by atoms with van der Waals surface area (Å²) in [4.78, 5) is 16.1. The lowest BCUT2D eigenvalue weighted by molar-refractivity contribution is -0.113. The highest BCUT2D eigenvalue weighted by molar-refractivity contribution is 14.1. The van der Waals surface area contributed by atoms with Crippen LogP contribution in [0.4, 0.5) is 5.69 Å². The lowest BCUT2D eigenvalue weighted by atomic mass is 10.3. The number of aromatic nitrogens is 3. The Kier molecular flexibility index (Phi) is 5.20. The van der Waals surface area contributed by atoms with E-state index >= 15 is 0 Å². The van der Waals surface area contributed by atoms with Gasteiger partial charge in [0, 0.05) is 9.99 Å². The van der Waals surface area contributed by atoms with Crippen LogP contribution in [0.3, 0.4) is 0 Å². The molecule has 1 amide bonds. The number of aromatic amines is 1. The molecule has 0 atom stereocenters. The van der Waals surface area contributed by atoms with Crippen molar-refractivity contribution in [2.45, 2.75) is 18.5 Å². The summed E-state index contributed by atoms with van der Waals surface area (Å²) in [5.74, 6) is 1.07. The third-order valence-electron chi connectivity index (χ3n) is 2.33. The van der Waals surface area contributed by atoms with Crippen molar-refractivity contribution in [2.24, 2.45) is 0 Å². The monoisotopic (exact) mass is 388 g/mol. The zero-order chi connectivity index (χ0) is 13.7. The Bertz CT molecular complexity index is 572. The minimum atomic E-state index is -0.0584. The van der Waals surface area contributed by atoms with E-state index in [-0.39, 0.29) is 5.91 Å². The molecule has 1 aromatic carbocycles. The number of anilines is 1. The lowest BCUT2D eigenvalue weighted by Gasteiger charge is -2.05. The number of H-pyrrole nitrogens is 1.